The molecule has 1 nitrogen and oxygen atoms in total. The van der Waals surface area contributed by atoms with E-state index in [-0.39, 0.29) is 0 Å². The third-order valence-corrected chi connectivity index (χ3v) is 4.98. The maximum absolute atomic E-state index is 6.17. The summed E-state index contributed by atoms with van der Waals surface area (Å²) in [5.41, 5.74) is 1.09. The van der Waals surface area contributed by atoms with Gasteiger partial charge in [0, 0.05) is 6.54 Å². The van der Waals surface area contributed by atoms with E-state index in [0.29, 0.717) is 10.0 Å². The zero-order chi connectivity index (χ0) is 13.7. The van der Waals surface area contributed by atoms with Crippen LogP contribution in [0.5, 0.6) is 0 Å². The van der Waals surface area contributed by atoms with E-state index >= 15 is 0 Å². The summed E-state index contributed by atoms with van der Waals surface area (Å²) in [4.78, 5) is 0. The Morgan fingerprint density at radius 1 is 1.26 bits per heavy atom. The zero-order valence-electron chi connectivity index (χ0n) is 11.6. The molecule has 1 aromatic rings. The van der Waals surface area contributed by atoms with Crippen LogP contribution < -0.4 is 5.32 Å². The third-order valence-electron chi connectivity index (χ3n) is 4.12. The van der Waals surface area contributed by atoms with E-state index in [2.05, 4.69) is 12.2 Å². The molecular formula is C16H23Cl2N. The van der Waals surface area contributed by atoms with Crippen molar-refractivity contribution in [3.63, 3.8) is 0 Å². The molecular weight excluding hydrogens is 277 g/mol. The van der Waals surface area contributed by atoms with E-state index in [1.54, 1.807) is 0 Å². The predicted octanol–water partition coefficient (Wildman–Crippen LogP) is 5.30. The largest absolute Gasteiger partial charge is 0.313 e. The Morgan fingerprint density at radius 3 is 2.89 bits per heavy atom. The summed E-state index contributed by atoms with van der Waals surface area (Å²) < 4.78 is 0. The molecule has 0 bridgehead atoms. The Labute approximate surface area is 126 Å². The lowest BCUT2D eigenvalue weighted by molar-refractivity contribution is 0.267. The highest BCUT2D eigenvalue weighted by molar-refractivity contribution is 6.42. The van der Waals surface area contributed by atoms with Gasteiger partial charge in [0.25, 0.3) is 0 Å². The first-order valence-corrected chi connectivity index (χ1v) is 8.06. The van der Waals surface area contributed by atoms with Gasteiger partial charge in [0.15, 0.2) is 0 Å². The van der Waals surface area contributed by atoms with Crippen LogP contribution in [0.1, 0.15) is 44.6 Å². The van der Waals surface area contributed by atoms with Gasteiger partial charge in [-0.05, 0) is 42.9 Å². The van der Waals surface area contributed by atoms with Crippen LogP contribution >= 0.6 is 23.2 Å². The minimum Gasteiger partial charge on any atom is -0.313 e. The van der Waals surface area contributed by atoms with Crippen LogP contribution in [0, 0.1) is 11.8 Å². The number of halogens is 2. The van der Waals surface area contributed by atoms with Gasteiger partial charge in [-0.15, -0.1) is 0 Å². The third kappa shape index (κ3) is 4.66. The SMILES string of the molecule is CC1CCCC(CCNCc2cccc(Cl)c2Cl)C1. The number of hydrogen-bond acceptors (Lipinski definition) is 1. The van der Waals surface area contributed by atoms with Gasteiger partial charge < -0.3 is 5.32 Å². The van der Waals surface area contributed by atoms with Gasteiger partial charge in [0.1, 0.15) is 0 Å². The zero-order valence-corrected chi connectivity index (χ0v) is 13.1. The molecule has 1 saturated carbocycles. The summed E-state index contributed by atoms with van der Waals surface area (Å²) in [5, 5.41) is 4.81. The van der Waals surface area contributed by atoms with E-state index in [0.717, 1.165) is 30.5 Å². The average molecular weight is 300 g/mol. The van der Waals surface area contributed by atoms with Gasteiger partial charge in [-0.3, -0.25) is 0 Å². The Balaban J connectivity index is 1.70. The van der Waals surface area contributed by atoms with Crippen LogP contribution in [0.4, 0.5) is 0 Å². The highest BCUT2D eigenvalue weighted by atomic mass is 35.5. The molecule has 0 saturated heterocycles. The van der Waals surface area contributed by atoms with Gasteiger partial charge in [-0.1, -0.05) is 61.5 Å². The normalized spacial score (nSPS) is 23.5. The Kier molecular flexibility index (Phi) is 6.00. The number of benzene rings is 1. The monoisotopic (exact) mass is 299 g/mol. The van der Waals surface area contributed by atoms with Crippen molar-refractivity contribution < 1.29 is 0 Å². The molecule has 0 aromatic heterocycles. The number of nitrogens with one attached hydrogen (secondary N) is 1. The predicted molar refractivity (Wildman–Crippen MR) is 83.9 cm³/mol. The first-order valence-electron chi connectivity index (χ1n) is 7.30. The maximum Gasteiger partial charge on any atom is 0.0637 e. The summed E-state index contributed by atoms with van der Waals surface area (Å²) in [5.74, 6) is 1.83. The lowest BCUT2D eigenvalue weighted by atomic mass is 9.81. The molecule has 3 heteroatoms. The van der Waals surface area contributed by atoms with E-state index in [1.165, 1.54) is 32.1 Å². The van der Waals surface area contributed by atoms with Crippen LogP contribution in [-0.2, 0) is 6.54 Å². The van der Waals surface area contributed by atoms with Gasteiger partial charge >= 0.3 is 0 Å². The number of hydrogen-bond donors (Lipinski definition) is 1. The summed E-state index contributed by atoms with van der Waals surface area (Å²) >= 11 is 12.2. The van der Waals surface area contributed by atoms with E-state index < -0.39 is 0 Å². The molecule has 2 rings (SSSR count). The maximum atomic E-state index is 6.17. The van der Waals surface area contributed by atoms with E-state index in [1.807, 2.05) is 18.2 Å². The highest BCUT2D eigenvalue weighted by Gasteiger charge is 2.18. The van der Waals surface area contributed by atoms with Crippen molar-refractivity contribution in [3.8, 4) is 0 Å². The molecule has 1 aromatic carbocycles. The molecule has 0 heterocycles. The van der Waals surface area contributed by atoms with Crippen LogP contribution in [0.25, 0.3) is 0 Å². The van der Waals surface area contributed by atoms with Crippen molar-refractivity contribution >= 4 is 23.2 Å². The fraction of sp³-hybridized carbons (Fsp3) is 0.625. The minimum absolute atomic E-state index is 0.641. The topological polar surface area (TPSA) is 12.0 Å². The second kappa shape index (κ2) is 7.52. The van der Waals surface area contributed by atoms with Gasteiger partial charge in [-0.25, -0.2) is 0 Å². The van der Waals surface area contributed by atoms with Gasteiger partial charge in [0.05, 0.1) is 10.0 Å². The second-order valence-electron chi connectivity index (χ2n) is 5.82. The highest BCUT2D eigenvalue weighted by Crippen LogP contribution is 2.30. The Morgan fingerprint density at radius 2 is 2.11 bits per heavy atom. The lowest BCUT2D eigenvalue weighted by Gasteiger charge is -2.26. The summed E-state index contributed by atoms with van der Waals surface area (Å²) in [6, 6.07) is 5.81. The first-order chi connectivity index (χ1) is 9.16. The smallest absolute Gasteiger partial charge is 0.0637 e. The molecule has 2 unspecified atom stereocenters. The second-order valence-corrected chi connectivity index (χ2v) is 6.60. The Bertz CT molecular complexity index is 406. The van der Waals surface area contributed by atoms with Crippen molar-refractivity contribution in [1.82, 2.24) is 5.32 Å². The molecule has 1 aliphatic rings. The molecule has 0 spiro atoms. The summed E-state index contributed by atoms with van der Waals surface area (Å²) in [7, 11) is 0. The fourth-order valence-electron chi connectivity index (χ4n) is 3.04. The minimum atomic E-state index is 0.641. The van der Waals surface area contributed by atoms with E-state index in [9.17, 15) is 0 Å². The van der Waals surface area contributed by atoms with Crippen molar-refractivity contribution in [2.24, 2.45) is 11.8 Å². The standard InChI is InChI=1S/C16H23Cl2N/c1-12-4-2-5-13(10-12)8-9-19-11-14-6-3-7-15(17)16(14)18/h3,6-7,12-13,19H,2,4-5,8-11H2,1H3. The molecule has 0 aliphatic heterocycles. The summed E-state index contributed by atoms with van der Waals surface area (Å²) in [6.07, 6.45) is 6.92. The molecule has 1 fully saturated rings. The molecule has 19 heavy (non-hydrogen) atoms. The molecule has 2 atom stereocenters. The van der Waals surface area contributed by atoms with Crippen molar-refractivity contribution in [1.29, 1.82) is 0 Å². The van der Waals surface area contributed by atoms with Crippen LogP contribution in [0.2, 0.25) is 10.0 Å². The van der Waals surface area contributed by atoms with Gasteiger partial charge in [-0.2, -0.15) is 0 Å². The van der Waals surface area contributed by atoms with E-state index in [4.69, 9.17) is 23.2 Å². The van der Waals surface area contributed by atoms with Crippen LogP contribution in [0.3, 0.4) is 0 Å². The Hall–Kier alpha value is -0.240. The fourth-order valence-corrected chi connectivity index (χ4v) is 3.42. The molecule has 106 valence electrons. The molecule has 0 radical (unpaired) electrons. The van der Waals surface area contributed by atoms with Crippen molar-refractivity contribution in [3.05, 3.63) is 33.8 Å². The lowest BCUT2D eigenvalue weighted by Crippen LogP contribution is -2.21. The van der Waals surface area contributed by atoms with Crippen LogP contribution in [0.15, 0.2) is 18.2 Å². The van der Waals surface area contributed by atoms with Crippen LogP contribution in [-0.4, -0.2) is 6.54 Å². The molecule has 0 amide bonds. The molecule has 1 aliphatic carbocycles. The molecule has 1 N–H and O–H groups in total. The number of rotatable bonds is 5. The van der Waals surface area contributed by atoms with Crippen molar-refractivity contribution in [2.75, 3.05) is 6.54 Å². The quantitative estimate of drug-likeness (QED) is 0.728. The average Bonchev–Trinajstić information content (AvgIpc) is 2.39. The van der Waals surface area contributed by atoms with Crippen molar-refractivity contribution in [2.45, 2.75) is 45.6 Å². The first kappa shape index (κ1) is 15.2. The van der Waals surface area contributed by atoms with Gasteiger partial charge in [0.2, 0.25) is 0 Å². The summed E-state index contributed by atoms with van der Waals surface area (Å²) in [6.45, 7) is 4.26.